The molecule has 0 spiro atoms. The number of carbonyl (C=O) groups is 3. The molecule has 140 valence electrons. The van der Waals surface area contributed by atoms with E-state index in [0.29, 0.717) is 12.3 Å². The van der Waals surface area contributed by atoms with Gasteiger partial charge in [-0.15, -0.1) is 11.8 Å². The average Bonchev–Trinajstić information content (AvgIpc) is 3.00. The quantitative estimate of drug-likeness (QED) is 0.315. The molecule has 2 aromatic rings. The van der Waals surface area contributed by atoms with Gasteiger partial charge in [0.1, 0.15) is 5.75 Å². The molecule has 7 heteroatoms. The number of nitrogens with zero attached hydrogens (tertiary/aromatic N) is 1. The Hall–Kier alpha value is -2.80. The van der Waals surface area contributed by atoms with Crippen molar-refractivity contribution in [3.8, 4) is 11.5 Å². The average molecular weight is 385 g/mol. The molecule has 0 radical (unpaired) electrons. The summed E-state index contributed by atoms with van der Waals surface area (Å²) in [4.78, 5) is 38.1. The fourth-order valence-corrected chi connectivity index (χ4v) is 3.34. The zero-order valence-electron chi connectivity index (χ0n) is 14.8. The number of para-hydroxylation sites is 2. The Labute approximate surface area is 161 Å². The van der Waals surface area contributed by atoms with Gasteiger partial charge < -0.3 is 9.47 Å². The summed E-state index contributed by atoms with van der Waals surface area (Å²) in [6.45, 7) is 2.51. The molecule has 1 aliphatic heterocycles. The van der Waals surface area contributed by atoms with Crippen molar-refractivity contribution in [3.05, 3.63) is 48.5 Å². The number of anilines is 1. The number of hydrogen-bond donors (Lipinski definition) is 0. The summed E-state index contributed by atoms with van der Waals surface area (Å²) >= 11 is 1.34. The van der Waals surface area contributed by atoms with Crippen LogP contribution in [0.2, 0.25) is 0 Å². The topological polar surface area (TPSA) is 72.9 Å². The lowest BCUT2D eigenvalue weighted by molar-refractivity contribution is -0.131. The van der Waals surface area contributed by atoms with Crippen LogP contribution in [-0.2, 0) is 14.4 Å². The molecule has 0 N–H and O–H groups in total. The standard InChI is InChI=1S/C20H19NO5S/c1-2-25-14-7-9-15(10-8-14)27-13-20(24)26-17-6-4-3-5-16(17)21-18(22)11-12-19(21)23/h3-10H,2,11-13H2,1H3. The molecule has 0 bridgehead atoms. The van der Waals surface area contributed by atoms with Gasteiger partial charge in [0.2, 0.25) is 11.8 Å². The SMILES string of the molecule is CCOc1ccc(SCC(=O)Oc2ccccc2N2C(=O)CCC2=O)cc1. The molecule has 0 aliphatic carbocycles. The van der Waals surface area contributed by atoms with Crippen molar-refractivity contribution >= 4 is 35.2 Å². The van der Waals surface area contributed by atoms with E-state index in [1.807, 2.05) is 31.2 Å². The van der Waals surface area contributed by atoms with Gasteiger partial charge >= 0.3 is 5.97 Å². The summed E-state index contributed by atoms with van der Waals surface area (Å²) in [5.74, 6) is 0.0566. The summed E-state index contributed by atoms with van der Waals surface area (Å²) < 4.78 is 10.8. The molecule has 27 heavy (non-hydrogen) atoms. The van der Waals surface area contributed by atoms with Gasteiger partial charge in [-0.1, -0.05) is 12.1 Å². The van der Waals surface area contributed by atoms with Gasteiger partial charge in [0.25, 0.3) is 0 Å². The summed E-state index contributed by atoms with van der Waals surface area (Å²) in [6.07, 6.45) is 0.351. The van der Waals surface area contributed by atoms with E-state index >= 15 is 0 Å². The molecule has 1 aliphatic rings. The first-order valence-electron chi connectivity index (χ1n) is 8.59. The molecular formula is C20H19NO5S. The van der Waals surface area contributed by atoms with Crippen LogP contribution in [0.3, 0.4) is 0 Å². The molecular weight excluding hydrogens is 366 g/mol. The zero-order valence-corrected chi connectivity index (χ0v) is 15.7. The van der Waals surface area contributed by atoms with Gasteiger partial charge in [0, 0.05) is 17.7 Å². The van der Waals surface area contributed by atoms with Crippen LogP contribution in [0.25, 0.3) is 0 Å². The predicted octanol–water partition coefficient (Wildman–Crippen LogP) is 3.44. The van der Waals surface area contributed by atoms with E-state index in [1.54, 1.807) is 24.3 Å². The third-order valence-corrected chi connectivity index (χ3v) is 4.86. The van der Waals surface area contributed by atoms with Gasteiger partial charge in [-0.3, -0.25) is 14.4 Å². The molecule has 0 unspecified atom stereocenters. The zero-order chi connectivity index (χ0) is 19.2. The Morgan fingerprint density at radius 2 is 1.70 bits per heavy atom. The number of esters is 1. The molecule has 0 aromatic heterocycles. The van der Waals surface area contributed by atoms with Crippen molar-refractivity contribution in [1.29, 1.82) is 0 Å². The lowest BCUT2D eigenvalue weighted by Crippen LogP contribution is -2.29. The number of rotatable bonds is 7. The molecule has 1 saturated heterocycles. The summed E-state index contributed by atoms with van der Waals surface area (Å²) in [7, 11) is 0. The lowest BCUT2D eigenvalue weighted by atomic mass is 10.2. The number of benzene rings is 2. The first-order chi connectivity index (χ1) is 13.1. The van der Waals surface area contributed by atoms with Crippen LogP contribution in [0.15, 0.2) is 53.4 Å². The maximum absolute atomic E-state index is 12.2. The van der Waals surface area contributed by atoms with Crippen molar-refractivity contribution in [2.75, 3.05) is 17.3 Å². The summed E-state index contributed by atoms with van der Waals surface area (Å²) in [6, 6.07) is 14.0. The third kappa shape index (κ3) is 4.68. The van der Waals surface area contributed by atoms with E-state index in [0.717, 1.165) is 15.5 Å². The van der Waals surface area contributed by atoms with E-state index < -0.39 is 5.97 Å². The maximum Gasteiger partial charge on any atom is 0.321 e. The Morgan fingerprint density at radius 3 is 2.37 bits per heavy atom. The molecule has 2 amide bonds. The molecule has 0 saturated carbocycles. The monoisotopic (exact) mass is 385 g/mol. The highest BCUT2D eigenvalue weighted by molar-refractivity contribution is 8.00. The number of carbonyl (C=O) groups excluding carboxylic acids is 3. The Morgan fingerprint density at radius 1 is 1.04 bits per heavy atom. The number of ether oxygens (including phenoxy) is 2. The number of amides is 2. The molecule has 1 fully saturated rings. The molecule has 0 atom stereocenters. The van der Waals surface area contributed by atoms with Crippen LogP contribution in [0, 0.1) is 0 Å². The van der Waals surface area contributed by atoms with Gasteiger partial charge in [-0.2, -0.15) is 0 Å². The maximum atomic E-state index is 12.2. The van der Waals surface area contributed by atoms with Crippen LogP contribution in [0.1, 0.15) is 19.8 Å². The molecule has 6 nitrogen and oxygen atoms in total. The normalized spacial score (nSPS) is 13.7. The first kappa shape index (κ1) is 19.0. The van der Waals surface area contributed by atoms with Crippen LogP contribution in [0.5, 0.6) is 11.5 Å². The van der Waals surface area contributed by atoms with Gasteiger partial charge in [0.15, 0.2) is 5.75 Å². The highest BCUT2D eigenvalue weighted by Crippen LogP contribution is 2.32. The van der Waals surface area contributed by atoms with Crippen LogP contribution in [0.4, 0.5) is 5.69 Å². The Balaban J connectivity index is 1.63. The Bertz CT molecular complexity index is 834. The van der Waals surface area contributed by atoms with E-state index in [4.69, 9.17) is 9.47 Å². The van der Waals surface area contributed by atoms with Crippen molar-refractivity contribution in [2.45, 2.75) is 24.7 Å². The van der Waals surface area contributed by atoms with Crippen molar-refractivity contribution in [3.63, 3.8) is 0 Å². The molecule has 1 heterocycles. The van der Waals surface area contributed by atoms with Crippen molar-refractivity contribution in [1.82, 2.24) is 0 Å². The van der Waals surface area contributed by atoms with E-state index in [2.05, 4.69) is 0 Å². The van der Waals surface area contributed by atoms with Crippen LogP contribution < -0.4 is 14.4 Å². The second-order valence-electron chi connectivity index (χ2n) is 5.76. The second kappa shape index (κ2) is 8.73. The van der Waals surface area contributed by atoms with E-state index in [1.165, 1.54) is 11.8 Å². The summed E-state index contributed by atoms with van der Waals surface area (Å²) in [5, 5.41) is 0. The van der Waals surface area contributed by atoms with Crippen LogP contribution >= 0.6 is 11.8 Å². The number of thioether (sulfide) groups is 1. The minimum atomic E-state index is -0.458. The minimum Gasteiger partial charge on any atom is -0.494 e. The van der Waals surface area contributed by atoms with Gasteiger partial charge in [-0.25, -0.2) is 4.90 Å². The fraction of sp³-hybridized carbons (Fsp3) is 0.250. The third-order valence-electron chi connectivity index (χ3n) is 3.87. The first-order valence-corrected chi connectivity index (χ1v) is 9.58. The Kier molecular flexibility index (Phi) is 6.13. The number of hydrogen-bond acceptors (Lipinski definition) is 6. The van der Waals surface area contributed by atoms with Crippen molar-refractivity contribution in [2.24, 2.45) is 0 Å². The smallest absolute Gasteiger partial charge is 0.321 e. The van der Waals surface area contributed by atoms with E-state index in [-0.39, 0.29) is 36.2 Å². The highest BCUT2D eigenvalue weighted by atomic mass is 32.2. The second-order valence-corrected chi connectivity index (χ2v) is 6.81. The summed E-state index contributed by atoms with van der Waals surface area (Å²) in [5.41, 5.74) is 0.310. The molecule has 2 aromatic carbocycles. The minimum absolute atomic E-state index is 0.101. The lowest BCUT2D eigenvalue weighted by Gasteiger charge is -2.17. The highest BCUT2D eigenvalue weighted by Gasteiger charge is 2.32. The molecule has 3 rings (SSSR count). The van der Waals surface area contributed by atoms with Gasteiger partial charge in [0.05, 0.1) is 18.0 Å². The fourth-order valence-electron chi connectivity index (χ4n) is 2.67. The van der Waals surface area contributed by atoms with Gasteiger partial charge in [-0.05, 0) is 43.3 Å². The predicted molar refractivity (Wildman–Crippen MR) is 102 cm³/mol. The van der Waals surface area contributed by atoms with Crippen LogP contribution in [-0.4, -0.2) is 30.1 Å². The largest absolute Gasteiger partial charge is 0.494 e. The van der Waals surface area contributed by atoms with Crippen molar-refractivity contribution < 1.29 is 23.9 Å². The number of imide groups is 1. The van der Waals surface area contributed by atoms with E-state index in [9.17, 15) is 14.4 Å².